The largest absolute Gasteiger partial charge is 0.332 e. The molecule has 0 fully saturated rings. The molecule has 0 atom stereocenters. The number of aromatic nitrogens is 2. The van der Waals surface area contributed by atoms with Crippen LogP contribution in [0.15, 0.2) is 29.4 Å². The summed E-state index contributed by atoms with van der Waals surface area (Å²) in [5.74, 6) is 0. The van der Waals surface area contributed by atoms with Gasteiger partial charge in [-0.2, -0.15) is 0 Å². The Bertz CT molecular complexity index is 438. The summed E-state index contributed by atoms with van der Waals surface area (Å²) in [6.07, 6.45) is 0. The van der Waals surface area contributed by atoms with Crippen LogP contribution in [0.5, 0.6) is 0 Å². The van der Waals surface area contributed by atoms with Gasteiger partial charge in [0.2, 0.25) is 0 Å². The van der Waals surface area contributed by atoms with E-state index in [1.807, 2.05) is 24.3 Å². The highest BCUT2D eigenvalue weighted by atomic mass is 33.1. The normalized spacial score (nSPS) is 10.6. The number of imidazole rings is 1. The lowest BCUT2D eigenvalue weighted by Crippen LogP contribution is -1.78. The first-order valence-corrected chi connectivity index (χ1v) is 5.80. The Morgan fingerprint density at radius 2 is 2.21 bits per heavy atom. The number of nitro groups is 1. The third-order valence-corrected chi connectivity index (χ3v) is 3.15. The highest BCUT2D eigenvalue weighted by Crippen LogP contribution is 2.29. The molecule has 0 aliphatic rings. The summed E-state index contributed by atoms with van der Waals surface area (Å²) >= 11 is 0. The van der Waals surface area contributed by atoms with Gasteiger partial charge in [-0.05, 0) is 12.1 Å². The molecule has 14 heavy (non-hydrogen) atoms. The van der Waals surface area contributed by atoms with Gasteiger partial charge >= 0.3 is 11.0 Å². The minimum absolute atomic E-state index is 0.460. The molecule has 2 rings (SSSR count). The SMILES string of the molecule is O=[N+]([O-])SSc1nc2ccccc2[nH]1. The lowest BCUT2D eigenvalue weighted by molar-refractivity contribution is -0.280. The van der Waals surface area contributed by atoms with Crippen molar-refractivity contribution in [2.45, 2.75) is 5.16 Å². The predicted molar refractivity (Wildman–Crippen MR) is 56.5 cm³/mol. The van der Waals surface area contributed by atoms with E-state index in [-0.39, 0.29) is 0 Å². The van der Waals surface area contributed by atoms with E-state index in [4.69, 9.17) is 0 Å². The van der Waals surface area contributed by atoms with E-state index in [2.05, 4.69) is 9.97 Å². The molecule has 5 nitrogen and oxygen atoms in total. The van der Waals surface area contributed by atoms with E-state index < -0.39 is 4.33 Å². The monoisotopic (exact) mass is 227 g/mol. The van der Waals surface area contributed by atoms with Crippen LogP contribution in [-0.2, 0) is 0 Å². The molecule has 0 saturated carbocycles. The molecule has 1 aromatic heterocycles. The van der Waals surface area contributed by atoms with Crippen molar-refractivity contribution in [1.29, 1.82) is 0 Å². The maximum Gasteiger partial charge on any atom is 0.308 e. The van der Waals surface area contributed by atoms with Gasteiger partial charge in [-0.25, -0.2) is 15.1 Å². The minimum atomic E-state index is -0.460. The Labute approximate surface area is 87.0 Å². The van der Waals surface area contributed by atoms with E-state index in [9.17, 15) is 10.1 Å². The third-order valence-electron chi connectivity index (χ3n) is 1.54. The highest BCUT2D eigenvalue weighted by molar-refractivity contribution is 8.74. The summed E-state index contributed by atoms with van der Waals surface area (Å²) < 4.78 is -0.460. The van der Waals surface area contributed by atoms with Crippen LogP contribution >= 0.6 is 21.8 Å². The van der Waals surface area contributed by atoms with E-state index in [1.165, 1.54) is 0 Å². The topological polar surface area (TPSA) is 71.8 Å². The van der Waals surface area contributed by atoms with Crippen LogP contribution in [-0.4, -0.2) is 14.3 Å². The number of aromatic amines is 1. The van der Waals surface area contributed by atoms with Gasteiger partial charge in [-0.3, -0.25) is 0 Å². The van der Waals surface area contributed by atoms with Crippen LogP contribution < -0.4 is 0 Å². The molecule has 1 heterocycles. The smallest absolute Gasteiger partial charge is 0.308 e. The number of fused-ring (bicyclic) bond motifs is 1. The van der Waals surface area contributed by atoms with E-state index in [1.54, 1.807) is 0 Å². The van der Waals surface area contributed by atoms with E-state index in [0.29, 0.717) is 16.1 Å². The number of benzene rings is 1. The summed E-state index contributed by atoms with van der Waals surface area (Å²) in [6, 6.07) is 7.49. The van der Waals surface area contributed by atoms with Gasteiger partial charge < -0.3 is 4.98 Å². The Morgan fingerprint density at radius 1 is 1.43 bits per heavy atom. The molecule has 7 heteroatoms. The molecule has 0 saturated heterocycles. The maximum atomic E-state index is 10.1. The molecule has 2 aromatic rings. The van der Waals surface area contributed by atoms with Crippen LogP contribution in [0, 0.1) is 10.1 Å². The fourth-order valence-electron chi connectivity index (χ4n) is 1.03. The van der Waals surface area contributed by atoms with E-state index >= 15 is 0 Å². The Balaban J connectivity index is 2.22. The van der Waals surface area contributed by atoms with Crippen LogP contribution in [0.25, 0.3) is 11.0 Å². The van der Waals surface area contributed by atoms with Gasteiger partial charge in [-0.1, -0.05) is 12.1 Å². The number of para-hydroxylation sites is 2. The molecule has 0 aliphatic heterocycles. The van der Waals surface area contributed by atoms with Gasteiger partial charge in [0.1, 0.15) is 4.33 Å². The van der Waals surface area contributed by atoms with Gasteiger partial charge in [0.05, 0.1) is 21.8 Å². The molecule has 0 bridgehead atoms. The summed E-state index contributed by atoms with van der Waals surface area (Å²) in [6.45, 7) is 0. The number of hydrogen-bond donors (Lipinski definition) is 1. The van der Waals surface area contributed by atoms with Crippen LogP contribution in [0.2, 0.25) is 0 Å². The fraction of sp³-hybridized carbons (Fsp3) is 0. The molecular formula is C7H5N3O2S2. The Morgan fingerprint density at radius 3 is 2.93 bits per heavy atom. The van der Waals surface area contributed by atoms with Gasteiger partial charge in [0.15, 0.2) is 5.16 Å². The molecule has 1 N–H and O–H groups in total. The molecule has 1 aromatic carbocycles. The van der Waals surface area contributed by atoms with Crippen LogP contribution in [0.1, 0.15) is 0 Å². The maximum absolute atomic E-state index is 10.1. The quantitative estimate of drug-likeness (QED) is 0.377. The number of H-pyrrole nitrogens is 1. The highest BCUT2D eigenvalue weighted by Gasteiger charge is 2.08. The third kappa shape index (κ3) is 1.99. The van der Waals surface area contributed by atoms with Crippen LogP contribution in [0.4, 0.5) is 0 Å². The first kappa shape index (κ1) is 9.35. The predicted octanol–water partition coefficient (Wildman–Crippen LogP) is 2.49. The van der Waals surface area contributed by atoms with Crippen LogP contribution in [0.3, 0.4) is 0 Å². The standard InChI is InChI=1S/C7H5N3O2S2/c11-10(12)14-13-7-8-5-3-1-2-4-6(5)9-7/h1-4H,(H,8,9). The molecular weight excluding hydrogens is 222 g/mol. The van der Waals surface area contributed by atoms with Crippen molar-refractivity contribution >= 4 is 32.8 Å². The Kier molecular flexibility index (Phi) is 2.60. The zero-order valence-corrected chi connectivity index (χ0v) is 8.47. The lowest BCUT2D eigenvalue weighted by atomic mass is 10.3. The summed E-state index contributed by atoms with van der Waals surface area (Å²) in [7, 11) is 1.55. The first-order valence-electron chi connectivity index (χ1n) is 3.69. The average Bonchev–Trinajstić information content (AvgIpc) is 2.57. The number of hydrogen-bond acceptors (Lipinski definition) is 5. The first-order chi connectivity index (χ1) is 6.75. The fourth-order valence-corrected chi connectivity index (χ4v) is 2.08. The molecule has 0 aliphatic carbocycles. The van der Waals surface area contributed by atoms with Crippen molar-refractivity contribution in [2.75, 3.05) is 0 Å². The van der Waals surface area contributed by atoms with Crippen molar-refractivity contribution in [1.82, 2.24) is 9.97 Å². The second-order valence-corrected chi connectivity index (χ2v) is 4.39. The zero-order valence-electron chi connectivity index (χ0n) is 6.84. The van der Waals surface area contributed by atoms with Gasteiger partial charge in [0.25, 0.3) is 0 Å². The number of nitrogens with one attached hydrogen (secondary N) is 1. The lowest BCUT2D eigenvalue weighted by Gasteiger charge is -1.84. The summed E-state index contributed by atoms with van der Waals surface area (Å²) in [5.41, 5.74) is 1.71. The van der Waals surface area contributed by atoms with Crippen molar-refractivity contribution < 1.29 is 4.33 Å². The number of rotatable bonds is 3. The van der Waals surface area contributed by atoms with Crippen molar-refractivity contribution in [2.24, 2.45) is 0 Å². The van der Waals surface area contributed by atoms with E-state index in [0.717, 1.165) is 21.8 Å². The second kappa shape index (κ2) is 3.89. The summed E-state index contributed by atoms with van der Waals surface area (Å²) in [5, 5.41) is 10.6. The van der Waals surface area contributed by atoms with Crippen molar-refractivity contribution in [3.05, 3.63) is 34.4 Å². The minimum Gasteiger partial charge on any atom is -0.332 e. The molecule has 0 spiro atoms. The van der Waals surface area contributed by atoms with Crippen molar-refractivity contribution in [3.63, 3.8) is 0 Å². The molecule has 0 unspecified atom stereocenters. The van der Waals surface area contributed by atoms with Gasteiger partial charge in [0, 0.05) is 0 Å². The second-order valence-electron chi connectivity index (χ2n) is 2.44. The van der Waals surface area contributed by atoms with Gasteiger partial charge in [-0.15, -0.1) is 0 Å². The average molecular weight is 227 g/mol. The number of nitrogens with zero attached hydrogens (tertiary/aromatic N) is 2. The molecule has 72 valence electrons. The molecule has 0 amide bonds. The zero-order chi connectivity index (χ0) is 9.97. The summed E-state index contributed by atoms with van der Waals surface area (Å²) in [4.78, 5) is 17.2. The molecule has 0 radical (unpaired) electrons. The van der Waals surface area contributed by atoms with Crippen molar-refractivity contribution in [3.8, 4) is 0 Å². The Hall–Kier alpha value is -1.21.